The first kappa shape index (κ1) is 15.7. The lowest BCUT2D eigenvalue weighted by molar-refractivity contribution is -0.136. The summed E-state index contributed by atoms with van der Waals surface area (Å²) in [5.74, 6) is 0.152. The van der Waals surface area contributed by atoms with E-state index in [1.165, 1.54) is 0 Å². The number of hydrogen-bond acceptors (Lipinski definition) is 3. The average molecular weight is 339 g/mol. The van der Waals surface area contributed by atoms with Crippen molar-refractivity contribution in [1.29, 1.82) is 0 Å². The van der Waals surface area contributed by atoms with Crippen LogP contribution in [-0.4, -0.2) is 34.9 Å². The quantitative estimate of drug-likeness (QED) is 0.935. The molecule has 2 aliphatic heterocycles. The van der Waals surface area contributed by atoms with E-state index in [-0.39, 0.29) is 24.3 Å². The Morgan fingerprint density at radius 1 is 1.32 bits per heavy atom. The Morgan fingerprint density at radius 3 is 2.96 bits per heavy atom. The summed E-state index contributed by atoms with van der Waals surface area (Å²) in [7, 11) is 1.59. The summed E-state index contributed by atoms with van der Waals surface area (Å²) in [5, 5.41) is 2.86. The van der Waals surface area contributed by atoms with Gasteiger partial charge in [0.2, 0.25) is 11.8 Å². The van der Waals surface area contributed by atoms with Crippen molar-refractivity contribution in [1.82, 2.24) is 9.47 Å². The van der Waals surface area contributed by atoms with Gasteiger partial charge in [-0.25, -0.2) is 0 Å². The van der Waals surface area contributed by atoms with E-state index in [1.54, 1.807) is 13.2 Å². The second kappa shape index (κ2) is 5.95. The zero-order chi connectivity index (χ0) is 17.6. The molecule has 0 fully saturated rings. The number of anilines is 1. The lowest BCUT2D eigenvalue weighted by Gasteiger charge is -2.35. The third kappa shape index (κ3) is 2.58. The van der Waals surface area contributed by atoms with Gasteiger partial charge < -0.3 is 19.5 Å². The van der Waals surface area contributed by atoms with Gasteiger partial charge in [-0.1, -0.05) is 6.07 Å². The number of benzene rings is 1. The van der Waals surface area contributed by atoms with Crippen molar-refractivity contribution in [2.24, 2.45) is 0 Å². The van der Waals surface area contributed by atoms with Gasteiger partial charge in [0.05, 0.1) is 19.1 Å². The number of fused-ring (bicyclic) bond motifs is 2. The first-order chi connectivity index (χ1) is 12.1. The number of amides is 2. The molecule has 0 spiro atoms. The number of carbonyl (C=O) groups is 2. The molecule has 0 radical (unpaired) electrons. The summed E-state index contributed by atoms with van der Waals surface area (Å²) < 4.78 is 7.38. The Hall–Kier alpha value is -2.76. The molecule has 4 rings (SSSR count). The Bertz CT molecular complexity index is 842. The lowest BCUT2D eigenvalue weighted by Crippen LogP contribution is -2.41. The van der Waals surface area contributed by atoms with E-state index in [9.17, 15) is 9.59 Å². The van der Waals surface area contributed by atoms with Crippen LogP contribution in [-0.2, 0) is 16.1 Å². The van der Waals surface area contributed by atoms with Crippen LogP contribution in [0.2, 0.25) is 0 Å². The normalized spacial score (nSPS) is 21.5. The molecule has 0 unspecified atom stereocenters. The number of ether oxygens (including phenoxy) is 1. The number of nitrogens with one attached hydrogen (secondary N) is 1. The molecule has 0 saturated carbocycles. The number of nitrogens with zero attached hydrogens (tertiary/aromatic N) is 2. The van der Waals surface area contributed by atoms with Crippen molar-refractivity contribution in [2.75, 3.05) is 19.0 Å². The number of rotatable bonds is 3. The van der Waals surface area contributed by atoms with Crippen LogP contribution in [0, 0.1) is 0 Å². The highest BCUT2D eigenvalue weighted by Gasteiger charge is 2.35. The highest BCUT2D eigenvalue weighted by molar-refractivity contribution is 6.05. The Kier molecular flexibility index (Phi) is 3.75. The zero-order valence-corrected chi connectivity index (χ0v) is 14.4. The van der Waals surface area contributed by atoms with E-state index in [0.29, 0.717) is 12.3 Å². The summed E-state index contributed by atoms with van der Waals surface area (Å²) in [4.78, 5) is 27.1. The van der Waals surface area contributed by atoms with E-state index in [1.807, 2.05) is 42.3 Å². The topological polar surface area (TPSA) is 63.6 Å². The molecule has 25 heavy (non-hydrogen) atoms. The fraction of sp³-hybridized carbons (Fsp3) is 0.368. The molecule has 0 aliphatic carbocycles. The summed E-state index contributed by atoms with van der Waals surface area (Å²) in [6, 6.07) is 9.58. The second-order valence-corrected chi connectivity index (χ2v) is 6.59. The molecule has 6 heteroatoms. The summed E-state index contributed by atoms with van der Waals surface area (Å²) in [6.45, 7) is 3.50. The van der Waals surface area contributed by atoms with Gasteiger partial charge in [0.25, 0.3) is 0 Å². The fourth-order valence-corrected chi connectivity index (χ4v) is 3.85. The SMILES string of the molecule is COc1ccc2c(c1)NC(=O)[C@@H]2CC(=O)N1CCn2cccc2[C@@H]1C. The maximum absolute atomic E-state index is 12.9. The van der Waals surface area contributed by atoms with Crippen LogP contribution in [0.1, 0.15) is 36.6 Å². The van der Waals surface area contributed by atoms with E-state index < -0.39 is 5.92 Å². The molecular weight excluding hydrogens is 318 g/mol. The van der Waals surface area contributed by atoms with Crippen molar-refractivity contribution in [3.8, 4) is 5.75 Å². The smallest absolute Gasteiger partial charge is 0.232 e. The number of methoxy groups -OCH3 is 1. The molecular formula is C19H21N3O3. The third-order valence-electron chi connectivity index (χ3n) is 5.25. The molecule has 1 N–H and O–H groups in total. The first-order valence-electron chi connectivity index (χ1n) is 8.52. The molecule has 1 aromatic heterocycles. The molecule has 0 saturated heterocycles. The van der Waals surface area contributed by atoms with Crippen LogP contribution in [0.15, 0.2) is 36.5 Å². The minimum atomic E-state index is -0.436. The maximum Gasteiger partial charge on any atom is 0.232 e. The van der Waals surface area contributed by atoms with Gasteiger partial charge >= 0.3 is 0 Å². The maximum atomic E-state index is 12.9. The van der Waals surface area contributed by atoms with E-state index in [4.69, 9.17) is 4.74 Å². The highest BCUT2D eigenvalue weighted by Crippen LogP contribution is 2.38. The second-order valence-electron chi connectivity index (χ2n) is 6.59. The van der Waals surface area contributed by atoms with Gasteiger partial charge in [0.15, 0.2) is 0 Å². The largest absolute Gasteiger partial charge is 0.497 e. The highest BCUT2D eigenvalue weighted by atomic mass is 16.5. The van der Waals surface area contributed by atoms with Crippen molar-refractivity contribution < 1.29 is 14.3 Å². The van der Waals surface area contributed by atoms with E-state index >= 15 is 0 Å². The zero-order valence-electron chi connectivity index (χ0n) is 14.4. The number of carbonyl (C=O) groups excluding carboxylic acids is 2. The summed E-state index contributed by atoms with van der Waals surface area (Å²) in [5.41, 5.74) is 2.75. The van der Waals surface area contributed by atoms with Gasteiger partial charge in [-0.15, -0.1) is 0 Å². The Labute approximate surface area is 146 Å². The predicted molar refractivity (Wildman–Crippen MR) is 93.5 cm³/mol. The van der Waals surface area contributed by atoms with Crippen LogP contribution in [0.4, 0.5) is 5.69 Å². The Morgan fingerprint density at radius 2 is 2.16 bits per heavy atom. The lowest BCUT2D eigenvalue weighted by atomic mass is 9.96. The predicted octanol–water partition coefficient (Wildman–Crippen LogP) is 2.53. The third-order valence-corrected chi connectivity index (χ3v) is 5.25. The molecule has 6 nitrogen and oxygen atoms in total. The van der Waals surface area contributed by atoms with Gasteiger partial charge in [-0.05, 0) is 30.7 Å². The molecule has 3 heterocycles. The molecule has 130 valence electrons. The minimum absolute atomic E-state index is 0.0174. The fourth-order valence-electron chi connectivity index (χ4n) is 3.85. The van der Waals surface area contributed by atoms with Gasteiger partial charge in [0, 0.05) is 43.2 Å². The molecule has 2 aromatic rings. The van der Waals surface area contributed by atoms with Crippen molar-refractivity contribution in [3.63, 3.8) is 0 Å². The van der Waals surface area contributed by atoms with Crippen LogP contribution >= 0.6 is 0 Å². The standard InChI is InChI=1S/C19H21N3O3/c1-12-17-4-3-7-21(17)8-9-22(12)18(23)11-15-14-6-5-13(25-2)10-16(14)20-19(15)24/h3-7,10,12,15H,8-9,11H2,1-2H3,(H,20,24)/t12-,15+/m0/s1. The van der Waals surface area contributed by atoms with Crippen LogP contribution in [0.3, 0.4) is 0 Å². The summed E-state index contributed by atoms with van der Waals surface area (Å²) in [6.07, 6.45) is 2.23. The monoisotopic (exact) mass is 339 g/mol. The first-order valence-corrected chi connectivity index (χ1v) is 8.52. The Balaban J connectivity index is 1.53. The van der Waals surface area contributed by atoms with Gasteiger partial charge in [-0.3, -0.25) is 9.59 Å². The van der Waals surface area contributed by atoms with Crippen LogP contribution < -0.4 is 10.1 Å². The van der Waals surface area contributed by atoms with Crippen molar-refractivity contribution >= 4 is 17.5 Å². The molecule has 2 atom stereocenters. The van der Waals surface area contributed by atoms with Crippen molar-refractivity contribution in [3.05, 3.63) is 47.8 Å². The van der Waals surface area contributed by atoms with Crippen molar-refractivity contribution in [2.45, 2.75) is 31.8 Å². The minimum Gasteiger partial charge on any atom is -0.497 e. The number of aromatic nitrogens is 1. The average Bonchev–Trinajstić information content (AvgIpc) is 3.20. The van der Waals surface area contributed by atoms with Crippen LogP contribution in [0.25, 0.3) is 0 Å². The molecule has 2 aliphatic rings. The van der Waals surface area contributed by atoms with E-state index in [0.717, 1.165) is 23.5 Å². The van der Waals surface area contributed by atoms with Gasteiger partial charge in [-0.2, -0.15) is 0 Å². The number of hydrogen-bond donors (Lipinski definition) is 1. The molecule has 1 aromatic carbocycles. The van der Waals surface area contributed by atoms with Gasteiger partial charge in [0.1, 0.15) is 5.75 Å². The molecule has 0 bridgehead atoms. The van der Waals surface area contributed by atoms with Crippen LogP contribution in [0.5, 0.6) is 5.75 Å². The van der Waals surface area contributed by atoms with E-state index in [2.05, 4.69) is 9.88 Å². The summed E-state index contributed by atoms with van der Waals surface area (Å²) >= 11 is 0. The molecule has 2 amide bonds.